The van der Waals surface area contributed by atoms with Gasteiger partial charge in [0.1, 0.15) is 5.82 Å². The van der Waals surface area contributed by atoms with Gasteiger partial charge in [0.25, 0.3) is 0 Å². The fourth-order valence-corrected chi connectivity index (χ4v) is 3.88. The van der Waals surface area contributed by atoms with Crippen LogP contribution in [0.3, 0.4) is 0 Å². The van der Waals surface area contributed by atoms with Gasteiger partial charge in [0.2, 0.25) is 5.91 Å². The fourth-order valence-electron chi connectivity index (χ4n) is 3.88. The number of anilines is 1. The van der Waals surface area contributed by atoms with E-state index >= 15 is 0 Å². The van der Waals surface area contributed by atoms with Crippen LogP contribution < -0.4 is 15.5 Å². The average molecular weight is 523 g/mol. The van der Waals surface area contributed by atoms with Crippen LogP contribution in [0.1, 0.15) is 49.8 Å². The number of carbonyl (C=O) groups is 1. The van der Waals surface area contributed by atoms with Crippen molar-refractivity contribution in [1.82, 2.24) is 25.4 Å². The molecular formula is C21H30IN7O. The summed E-state index contributed by atoms with van der Waals surface area (Å²) in [6, 6.07) is 8.11. The van der Waals surface area contributed by atoms with Crippen molar-refractivity contribution in [2.45, 2.75) is 58.7 Å². The minimum absolute atomic E-state index is 0. The molecule has 8 nitrogen and oxygen atoms in total. The van der Waals surface area contributed by atoms with Crippen LogP contribution in [0.15, 0.2) is 29.3 Å². The lowest BCUT2D eigenvalue weighted by Crippen LogP contribution is -2.37. The molecule has 0 unspecified atom stereocenters. The summed E-state index contributed by atoms with van der Waals surface area (Å²) >= 11 is 0. The van der Waals surface area contributed by atoms with Gasteiger partial charge in [-0.15, -0.1) is 34.2 Å². The smallest absolute Gasteiger partial charge is 0.227 e. The molecule has 1 amide bonds. The third-order valence-corrected chi connectivity index (χ3v) is 5.44. The fraction of sp³-hybridized carbons (Fsp3) is 0.524. The van der Waals surface area contributed by atoms with E-state index in [1.54, 1.807) is 0 Å². The van der Waals surface area contributed by atoms with Gasteiger partial charge in [0.15, 0.2) is 11.8 Å². The average Bonchev–Trinajstić information content (AvgIpc) is 3.37. The van der Waals surface area contributed by atoms with E-state index in [2.05, 4.69) is 32.3 Å². The Balaban J connectivity index is 0.00000256. The molecule has 2 N–H and O–H groups in total. The molecular weight excluding hydrogens is 493 g/mol. The molecule has 0 spiro atoms. The number of amides is 1. The van der Waals surface area contributed by atoms with Crippen LogP contribution in [-0.4, -0.2) is 39.7 Å². The van der Waals surface area contributed by atoms with Crippen LogP contribution in [0.2, 0.25) is 0 Å². The number of aromatic nitrogens is 3. The summed E-state index contributed by atoms with van der Waals surface area (Å²) in [4.78, 5) is 18.4. The minimum atomic E-state index is 0. The van der Waals surface area contributed by atoms with Gasteiger partial charge in [0.05, 0.1) is 13.1 Å². The molecule has 0 atom stereocenters. The molecule has 3 heterocycles. The molecule has 1 aromatic heterocycles. The lowest BCUT2D eigenvalue weighted by molar-refractivity contribution is -0.117. The summed E-state index contributed by atoms with van der Waals surface area (Å²) in [5, 5.41) is 15.3. The summed E-state index contributed by atoms with van der Waals surface area (Å²) in [6.45, 7) is 5.84. The van der Waals surface area contributed by atoms with E-state index in [1.807, 2.05) is 29.2 Å². The van der Waals surface area contributed by atoms with E-state index in [0.29, 0.717) is 19.5 Å². The monoisotopic (exact) mass is 523 g/mol. The molecule has 9 heteroatoms. The molecule has 2 aliphatic rings. The van der Waals surface area contributed by atoms with E-state index in [9.17, 15) is 4.79 Å². The third-order valence-electron chi connectivity index (χ3n) is 5.44. The second-order valence-corrected chi connectivity index (χ2v) is 7.51. The standard InChI is InChI=1S/C21H29N7O.HI/c1-2-22-21(24-15-19-26-25-18-6-3-4-12-28(18)19)23-14-16-8-10-17(11-9-16)27-13-5-7-20(27)29;/h8-11H,2-7,12-15H2,1H3,(H2,22,23,24);1H. The van der Waals surface area contributed by atoms with Gasteiger partial charge >= 0.3 is 0 Å². The Labute approximate surface area is 194 Å². The van der Waals surface area contributed by atoms with Gasteiger partial charge in [-0.2, -0.15) is 0 Å². The Morgan fingerprint density at radius 2 is 1.90 bits per heavy atom. The largest absolute Gasteiger partial charge is 0.357 e. The van der Waals surface area contributed by atoms with Crippen molar-refractivity contribution in [2.75, 3.05) is 18.0 Å². The molecule has 162 valence electrons. The van der Waals surface area contributed by atoms with E-state index in [0.717, 1.165) is 61.3 Å². The molecule has 2 aromatic rings. The number of carbonyl (C=O) groups excluding carboxylic acids is 1. The third kappa shape index (κ3) is 5.30. The number of hydrogen-bond acceptors (Lipinski definition) is 4. The summed E-state index contributed by atoms with van der Waals surface area (Å²) < 4.78 is 2.22. The molecule has 0 radical (unpaired) electrons. The summed E-state index contributed by atoms with van der Waals surface area (Å²) in [7, 11) is 0. The lowest BCUT2D eigenvalue weighted by Gasteiger charge is -2.16. The highest BCUT2D eigenvalue weighted by Crippen LogP contribution is 2.21. The number of guanidine groups is 1. The summed E-state index contributed by atoms with van der Waals surface area (Å²) in [6.07, 6.45) is 4.99. The molecule has 2 aliphatic heterocycles. The van der Waals surface area contributed by atoms with Crippen molar-refractivity contribution in [2.24, 2.45) is 4.99 Å². The van der Waals surface area contributed by atoms with Gasteiger partial charge in [-0.05, 0) is 43.9 Å². The van der Waals surface area contributed by atoms with Crippen LogP contribution in [0.4, 0.5) is 5.69 Å². The van der Waals surface area contributed by atoms with Crippen molar-refractivity contribution >= 4 is 41.5 Å². The second-order valence-electron chi connectivity index (χ2n) is 7.51. The summed E-state index contributed by atoms with van der Waals surface area (Å²) in [5.74, 6) is 3.03. The molecule has 1 aromatic carbocycles. The molecule has 0 saturated carbocycles. The topological polar surface area (TPSA) is 87.4 Å². The lowest BCUT2D eigenvalue weighted by atomic mass is 10.2. The van der Waals surface area contributed by atoms with Gasteiger partial charge < -0.3 is 20.1 Å². The van der Waals surface area contributed by atoms with Crippen molar-refractivity contribution in [1.29, 1.82) is 0 Å². The first-order valence-corrected chi connectivity index (χ1v) is 10.6. The maximum Gasteiger partial charge on any atom is 0.227 e. The zero-order valence-corrected chi connectivity index (χ0v) is 19.8. The first-order valence-electron chi connectivity index (χ1n) is 10.6. The van der Waals surface area contributed by atoms with Crippen LogP contribution in [0.25, 0.3) is 0 Å². The van der Waals surface area contributed by atoms with Crippen molar-refractivity contribution in [3.63, 3.8) is 0 Å². The maximum absolute atomic E-state index is 11.9. The first kappa shape index (κ1) is 22.5. The highest BCUT2D eigenvalue weighted by Gasteiger charge is 2.21. The number of benzene rings is 1. The second kappa shape index (κ2) is 10.7. The number of aliphatic imine (C=N–C) groups is 1. The number of aryl methyl sites for hydroxylation is 1. The van der Waals surface area contributed by atoms with Gasteiger partial charge in [-0.25, -0.2) is 4.99 Å². The molecule has 4 rings (SSSR count). The van der Waals surface area contributed by atoms with Crippen LogP contribution in [0, 0.1) is 0 Å². The summed E-state index contributed by atoms with van der Waals surface area (Å²) in [5.41, 5.74) is 2.08. The first-order chi connectivity index (χ1) is 14.2. The molecule has 0 bridgehead atoms. The van der Waals surface area contributed by atoms with Crippen molar-refractivity contribution < 1.29 is 4.79 Å². The molecule has 1 fully saturated rings. The van der Waals surface area contributed by atoms with E-state index in [-0.39, 0.29) is 29.9 Å². The normalized spacial score (nSPS) is 16.2. The van der Waals surface area contributed by atoms with Gasteiger partial charge in [0, 0.05) is 38.2 Å². The Bertz CT molecular complexity index is 878. The van der Waals surface area contributed by atoms with Crippen LogP contribution in [-0.2, 0) is 30.8 Å². The number of halogens is 1. The van der Waals surface area contributed by atoms with Crippen molar-refractivity contribution in [3.8, 4) is 0 Å². The highest BCUT2D eigenvalue weighted by molar-refractivity contribution is 14.0. The predicted molar refractivity (Wildman–Crippen MR) is 128 cm³/mol. The Hall–Kier alpha value is -2.17. The predicted octanol–water partition coefficient (Wildman–Crippen LogP) is 2.61. The SMILES string of the molecule is CCNC(=NCc1ccc(N2CCCC2=O)cc1)NCc1nnc2n1CCCC2.I. The number of hydrogen-bond donors (Lipinski definition) is 2. The van der Waals surface area contributed by atoms with Crippen molar-refractivity contribution in [3.05, 3.63) is 41.5 Å². The zero-order valence-electron chi connectivity index (χ0n) is 17.4. The van der Waals surface area contributed by atoms with Crippen LogP contribution >= 0.6 is 24.0 Å². The van der Waals surface area contributed by atoms with E-state index in [4.69, 9.17) is 4.99 Å². The Morgan fingerprint density at radius 1 is 1.07 bits per heavy atom. The zero-order chi connectivity index (χ0) is 20.1. The van der Waals surface area contributed by atoms with Gasteiger partial charge in [-0.3, -0.25) is 4.79 Å². The van der Waals surface area contributed by atoms with E-state index < -0.39 is 0 Å². The molecule has 1 saturated heterocycles. The van der Waals surface area contributed by atoms with E-state index in [1.165, 1.54) is 12.8 Å². The number of nitrogens with one attached hydrogen (secondary N) is 2. The molecule has 0 aliphatic carbocycles. The minimum Gasteiger partial charge on any atom is -0.357 e. The van der Waals surface area contributed by atoms with Crippen LogP contribution in [0.5, 0.6) is 0 Å². The number of rotatable bonds is 6. The molecule has 30 heavy (non-hydrogen) atoms. The Morgan fingerprint density at radius 3 is 2.63 bits per heavy atom. The number of fused-ring (bicyclic) bond motifs is 1. The quantitative estimate of drug-likeness (QED) is 0.346. The van der Waals surface area contributed by atoms with Gasteiger partial charge in [-0.1, -0.05) is 12.1 Å². The highest BCUT2D eigenvalue weighted by atomic mass is 127. The Kier molecular flexibility index (Phi) is 8.06. The number of nitrogens with zero attached hydrogens (tertiary/aromatic N) is 5. The maximum atomic E-state index is 11.9.